The third-order valence-corrected chi connectivity index (χ3v) is 12.3. The number of hydrogen-bond acceptors (Lipinski definition) is 14. The van der Waals surface area contributed by atoms with Gasteiger partial charge in [-0.3, -0.25) is 14.0 Å². The quantitative estimate of drug-likeness (QED) is 0.0376. The molecule has 3 aromatic rings. The van der Waals surface area contributed by atoms with E-state index in [1.807, 2.05) is 0 Å². The summed E-state index contributed by atoms with van der Waals surface area (Å²) in [4.78, 5) is 18.6. The van der Waals surface area contributed by atoms with E-state index in [-0.39, 0.29) is 29.7 Å². The largest absolute Gasteiger partial charge is 0.506 e. The number of anilines is 1. The molecule has 0 saturated heterocycles. The summed E-state index contributed by atoms with van der Waals surface area (Å²) in [7, 11) is -8.27. The molecule has 0 aliphatic carbocycles. The summed E-state index contributed by atoms with van der Waals surface area (Å²) in [5.41, 5.74) is 5.65. The zero-order valence-electron chi connectivity index (χ0n) is 34.3. The van der Waals surface area contributed by atoms with E-state index in [2.05, 4.69) is 22.0 Å². The molecule has 1 aliphatic heterocycles. The molecule has 0 amide bonds. The molecule has 5 N–H and O–H groups in total. The van der Waals surface area contributed by atoms with Crippen LogP contribution in [0.5, 0.6) is 0 Å². The minimum Gasteiger partial charge on any atom is -0.506 e. The molecule has 0 radical (unpaired) electrons. The first-order valence-electron chi connectivity index (χ1n) is 20.6. The summed E-state index contributed by atoms with van der Waals surface area (Å²) in [6, 6.07) is 4.69. The van der Waals surface area contributed by atoms with Crippen LogP contribution >= 0.6 is 7.82 Å². The molecule has 18 heteroatoms. The van der Waals surface area contributed by atoms with Crippen LogP contribution in [-0.2, 0) is 49.9 Å². The number of aromatic nitrogens is 4. The van der Waals surface area contributed by atoms with Crippen molar-refractivity contribution in [2.24, 2.45) is 0 Å². The Labute approximate surface area is 343 Å². The van der Waals surface area contributed by atoms with Gasteiger partial charge in [0.2, 0.25) is 0 Å². The fourth-order valence-corrected chi connectivity index (χ4v) is 8.15. The number of hydrogen-bond donors (Lipinski definition) is 4. The van der Waals surface area contributed by atoms with Crippen LogP contribution < -0.4 is 5.73 Å². The predicted octanol–water partition coefficient (Wildman–Crippen LogP) is 7.48. The van der Waals surface area contributed by atoms with Crippen molar-refractivity contribution >= 4 is 29.0 Å². The van der Waals surface area contributed by atoms with Gasteiger partial charge in [0.1, 0.15) is 24.6 Å². The monoisotopic (exact) mass is 853 g/mol. The highest BCUT2D eigenvalue weighted by atomic mass is 32.2. The smallest absolute Gasteiger partial charge is 0.472 e. The number of unbranched alkanes of at least 4 members (excludes halogenated alkanes) is 15. The van der Waals surface area contributed by atoms with Crippen molar-refractivity contribution in [3.05, 3.63) is 59.7 Å². The van der Waals surface area contributed by atoms with Gasteiger partial charge in [-0.25, -0.2) is 22.5 Å². The molecule has 58 heavy (non-hydrogen) atoms. The molecule has 0 spiro atoms. The lowest BCUT2D eigenvalue weighted by Crippen LogP contribution is -2.36. The highest BCUT2D eigenvalue weighted by molar-refractivity contribution is 7.90. The second kappa shape index (κ2) is 23.6. The Balaban J connectivity index is 1.20. The minimum atomic E-state index is -4.77. The van der Waals surface area contributed by atoms with Crippen molar-refractivity contribution in [3.63, 3.8) is 0 Å². The lowest BCUT2D eigenvalue weighted by atomic mass is 9.95. The number of aliphatic hydroxyl groups is 2. The lowest BCUT2D eigenvalue weighted by Gasteiger charge is -2.28. The lowest BCUT2D eigenvalue weighted by molar-refractivity contribution is -0.0590. The molecule has 4 atom stereocenters. The van der Waals surface area contributed by atoms with Crippen LogP contribution in [0.4, 0.5) is 5.82 Å². The molecule has 16 nitrogen and oxygen atoms in total. The Bertz CT molecular complexity index is 1900. The van der Waals surface area contributed by atoms with Gasteiger partial charge in [-0.2, -0.15) is 5.10 Å². The summed E-state index contributed by atoms with van der Waals surface area (Å²) < 4.78 is 66.7. The first-order valence-corrected chi connectivity index (χ1v) is 24.0. The first-order chi connectivity index (χ1) is 27.7. The number of ether oxygens (including phenoxy) is 3. The van der Waals surface area contributed by atoms with E-state index in [9.17, 15) is 28.1 Å². The van der Waals surface area contributed by atoms with Crippen LogP contribution in [-0.4, -0.2) is 88.0 Å². The van der Waals surface area contributed by atoms with Crippen LogP contribution in [0.1, 0.15) is 128 Å². The highest BCUT2D eigenvalue weighted by Crippen LogP contribution is 2.47. The number of aliphatic hydroxyl groups excluding tert-OH is 2. The van der Waals surface area contributed by atoms with Crippen molar-refractivity contribution < 1.29 is 51.3 Å². The predicted molar refractivity (Wildman–Crippen MR) is 220 cm³/mol. The van der Waals surface area contributed by atoms with Gasteiger partial charge in [0.15, 0.2) is 38.9 Å². The third-order valence-electron chi connectivity index (χ3n) is 10.3. The van der Waals surface area contributed by atoms with Gasteiger partial charge >= 0.3 is 7.82 Å². The highest BCUT2D eigenvalue weighted by Gasteiger charge is 2.50. The topological polar surface area (TPSA) is 227 Å². The van der Waals surface area contributed by atoms with Gasteiger partial charge in [-0.05, 0) is 37.1 Å². The minimum absolute atomic E-state index is 0.0247. The molecular weight excluding hydrogens is 790 g/mol. The Hall–Kier alpha value is -3.15. The number of fused-ring (bicyclic) bond motifs is 1. The fourth-order valence-electron chi connectivity index (χ4n) is 6.83. The second-order valence-corrected chi connectivity index (χ2v) is 18.7. The maximum Gasteiger partial charge on any atom is 0.472 e. The van der Waals surface area contributed by atoms with Gasteiger partial charge < -0.3 is 35.1 Å². The molecule has 3 aromatic heterocycles. The molecule has 0 bridgehead atoms. The maximum absolute atomic E-state index is 13.0. The van der Waals surface area contributed by atoms with E-state index in [4.69, 9.17) is 29.0 Å². The number of nitrogens with two attached hydrogens (primary N) is 1. The zero-order chi connectivity index (χ0) is 42.0. The van der Waals surface area contributed by atoms with Crippen LogP contribution in [0, 0.1) is 0 Å². The van der Waals surface area contributed by atoms with Crippen molar-refractivity contribution in [1.29, 1.82) is 0 Å². The van der Waals surface area contributed by atoms with Crippen molar-refractivity contribution in [2.75, 3.05) is 38.4 Å². The molecule has 4 heterocycles. The van der Waals surface area contributed by atoms with Gasteiger partial charge in [-0.1, -0.05) is 103 Å². The van der Waals surface area contributed by atoms with Crippen LogP contribution in [0.15, 0.2) is 53.3 Å². The number of rotatable bonds is 30. The number of phosphoric ester groups is 1. The molecular formula is C40H64N5O11PS. The van der Waals surface area contributed by atoms with Crippen molar-refractivity contribution in [1.82, 2.24) is 19.6 Å². The number of phosphoric acid groups is 1. The van der Waals surface area contributed by atoms with Gasteiger partial charge in [-0.15, -0.1) is 0 Å². The van der Waals surface area contributed by atoms with Gasteiger partial charge in [0.25, 0.3) is 0 Å². The SMILES string of the molecule is CCCCCCCCCCCCCCCCCCOC[C@H](COP(=O)(O)OCC1=C(O)[C@@H](O)[C@](C)(c2ccc3c(N)ncnn23)O1)OCc1cncc(S(C)(=O)=O)c1. The van der Waals surface area contributed by atoms with Gasteiger partial charge in [0, 0.05) is 25.3 Å². The molecule has 1 unspecified atom stereocenters. The molecule has 0 saturated carbocycles. The first kappa shape index (κ1) is 47.5. The standard InChI is InChI=1S/C40H64N5O11PS/c1-4-5-6-7-8-9-10-11-12-13-14-15-16-17-18-19-22-52-27-32(53-26-31-23-33(25-42-24-31)58(3,50)51)28-54-57(48,49)55-29-35-37(46)38(47)40(2,56-35)36-21-20-34-39(41)43-30-44-45(34)36/h20-21,23-25,30,32,38,46-47H,4-19,22,26-29H2,1-3H3,(H,48,49)(H2,41,43,44)/t32-,38-,40+/m1/s1. The zero-order valence-corrected chi connectivity index (χ0v) is 36.0. The van der Waals surface area contributed by atoms with Gasteiger partial charge in [0.05, 0.1) is 30.4 Å². The fraction of sp³-hybridized carbons (Fsp3) is 0.675. The Morgan fingerprint density at radius 3 is 2.17 bits per heavy atom. The molecule has 0 aromatic carbocycles. The van der Waals surface area contributed by atoms with Crippen LogP contribution in [0.2, 0.25) is 0 Å². The van der Waals surface area contributed by atoms with Crippen LogP contribution in [0.25, 0.3) is 5.52 Å². The molecule has 4 rings (SSSR count). The molecule has 326 valence electrons. The van der Waals surface area contributed by atoms with Crippen molar-refractivity contribution in [2.45, 2.75) is 146 Å². The van der Waals surface area contributed by atoms with E-state index in [1.165, 1.54) is 120 Å². The van der Waals surface area contributed by atoms with Crippen LogP contribution in [0.3, 0.4) is 0 Å². The number of nitrogens with zero attached hydrogens (tertiary/aromatic N) is 4. The Morgan fingerprint density at radius 1 is 0.931 bits per heavy atom. The van der Waals surface area contributed by atoms with Crippen molar-refractivity contribution in [3.8, 4) is 0 Å². The number of pyridine rings is 1. The number of sulfone groups is 1. The third kappa shape index (κ3) is 14.8. The van der Waals surface area contributed by atoms with E-state index in [1.54, 1.807) is 12.1 Å². The maximum atomic E-state index is 13.0. The summed E-state index contributed by atoms with van der Waals surface area (Å²) in [5.74, 6) is -0.672. The molecule has 0 fully saturated rings. The Kier molecular flexibility index (Phi) is 19.3. The number of nitrogen functional groups attached to an aromatic ring is 1. The molecule has 1 aliphatic rings. The van der Waals surface area contributed by atoms with E-state index >= 15 is 0 Å². The van der Waals surface area contributed by atoms with E-state index in [0.717, 1.165) is 25.5 Å². The average Bonchev–Trinajstić information content (AvgIpc) is 3.73. The Morgan fingerprint density at radius 2 is 1.55 bits per heavy atom. The average molecular weight is 854 g/mol. The van der Waals surface area contributed by atoms with E-state index < -0.39 is 54.4 Å². The second-order valence-electron chi connectivity index (χ2n) is 15.2. The summed E-state index contributed by atoms with van der Waals surface area (Å²) in [6.45, 7) is 3.05. The summed E-state index contributed by atoms with van der Waals surface area (Å²) in [6.07, 6.45) is 22.8. The van der Waals surface area contributed by atoms with E-state index in [0.29, 0.717) is 23.4 Å². The normalized spacial score (nSPS) is 18.8. The summed E-state index contributed by atoms with van der Waals surface area (Å²) in [5, 5.41) is 25.8. The summed E-state index contributed by atoms with van der Waals surface area (Å²) >= 11 is 0.